The van der Waals surface area contributed by atoms with Crippen LogP contribution in [0.25, 0.3) is 0 Å². The van der Waals surface area contributed by atoms with Gasteiger partial charge in [-0.15, -0.1) is 0 Å². The van der Waals surface area contributed by atoms with Gasteiger partial charge in [0.15, 0.2) is 9.84 Å². The Kier molecular flexibility index (Phi) is 5.39. The van der Waals surface area contributed by atoms with Gasteiger partial charge in [-0.1, -0.05) is 6.92 Å². The molecule has 1 saturated heterocycles. The second-order valence-electron chi connectivity index (χ2n) is 4.88. The SMILES string of the molecule is CC(CCNC1CCS(=O)(=O)C1)CCC(=O)O. The first-order valence-corrected chi connectivity index (χ1v) is 7.87. The van der Waals surface area contributed by atoms with E-state index in [0.717, 1.165) is 13.0 Å². The number of hydrogen-bond acceptors (Lipinski definition) is 4. The molecule has 6 heteroatoms. The van der Waals surface area contributed by atoms with E-state index in [1.807, 2.05) is 6.92 Å². The van der Waals surface area contributed by atoms with Gasteiger partial charge in [-0.25, -0.2) is 8.42 Å². The van der Waals surface area contributed by atoms with Crippen LogP contribution in [0, 0.1) is 5.92 Å². The van der Waals surface area contributed by atoms with Crippen LogP contribution < -0.4 is 5.32 Å². The Morgan fingerprint density at radius 3 is 2.71 bits per heavy atom. The minimum atomic E-state index is -2.81. The number of aliphatic carboxylic acids is 1. The fourth-order valence-corrected chi connectivity index (χ4v) is 3.71. The molecule has 1 fully saturated rings. The Morgan fingerprint density at radius 2 is 2.18 bits per heavy atom. The van der Waals surface area contributed by atoms with Gasteiger partial charge in [0.1, 0.15) is 0 Å². The summed E-state index contributed by atoms with van der Waals surface area (Å²) in [6.45, 7) is 2.79. The summed E-state index contributed by atoms with van der Waals surface area (Å²) in [7, 11) is -2.81. The van der Waals surface area contributed by atoms with Crippen molar-refractivity contribution < 1.29 is 18.3 Å². The first kappa shape index (κ1) is 14.4. The van der Waals surface area contributed by atoms with Crippen LogP contribution in [0.3, 0.4) is 0 Å². The fourth-order valence-electron chi connectivity index (χ4n) is 2.00. The van der Waals surface area contributed by atoms with Crippen LogP contribution in [0.15, 0.2) is 0 Å². The van der Waals surface area contributed by atoms with Crippen molar-refractivity contribution in [3.63, 3.8) is 0 Å². The Labute approximate surface area is 103 Å². The van der Waals surface area contributed by atoms with Gasteiger partial charge in [0.05, 0.1) is 11.5 Å². The molecule has 0 aliphatic carbocycles. The number of hydrogen-bond donors (Lipinski definition) is 2. The van der Waals surface area contributed by atoms with E-state index in [0.29, 0.717) is 24.5 Å². The Morgan fingerprint density at radius 1 is 1.47 bits per heavy atom. The van der Waals surface area contributed by atoms with Gasteiger partial charge in [0, 0.05) is 12.5 Å². The summed E-state index contributed by atoms with van der Waals surface area (Å²) in [5.74, 6) is 0.138. The van der Waals surface area contributed by atoms with Crippen molar-refractivity contribution in [2.45, 2.75) is 38.6 Å². The number of carboxylic acids is 1. The lowest BCUT2D eigenvalue weighted by Crippen LogP contribution is -2.31. The maximum absolute atomic E-state index is 11.2. The van der Waals surface area contributed by atoms with Crippen LogP contribution in [0.5, 0.6) is 0 Å². The van der Waals surface area contributed by atoms with E-state index in [-0.39, 0.29) is 18.2 Å². The molecule has 0 saturated carbocycles. The molecule has 0 amide bonds. The lowest BCUT2D eigenvalue weighted by molar-refractivity contribution is -0.137. The Hall–Kier alpha value is -0.620. The van der Waals surface area contributed by atoms with Crippen molar-refractivity contribution >= 4 is 15.8 Å². The summed E-state index contributed by atoms with van der Waals surface area (Å²) in [6, 6.07) is 0.0895. The maximum Gasteiger partial charge on any atom is 0.303 e. The van der Waals surface area contributed by atoms with E-state index in [1.54, 1.807) is 0 Å². The topological polar surface area (TPSA) is 83.5 Å². The molecular formula is C11H21NO4S. The van der Waals surface area contributed by atoms with Gasteiger partial charge in [0.2, 0.25) is 0 Å². The molecule has 0 radical (unpaired) electrons. The number of sulfone groups is 1. The quantitative estimate of drug-likeness (QED) is 0.705. The summed E-state index contributed by atoms with van der Waals surface area (Å²) in [6.07, 6.45) is 2.48. The molecule has 1 rings (SSSR count). The summed E-state index contributed by atoms with van der Waals surface area (Å²) < 4.78 is 22.4. The molecule has 0 spiro atoms. The van der Waals surface area contributed by atoms with Crippen molar-refractivity contribution in [2.75, 3.05) is 18.1 Å². The average Bonchev–Trinajstić information content (AvgIpc) is 2.55. The lowest BCUT2D eigenvalue weighted by atomic mass is 10.0. The van der Waals surface area contributed by atoms with E-state index >= 15 is 0 Å². The highest BCUT2D eigenvalue weighted by molar-refractivity contribution is 7.91. The maximum atomic E-state index is 11.2. The highest BCUT2D eigenvalue weighted by Crippen LogP contribution is 2.13. The predicted molar refractivity (Wildman–Crippen MR) is 65.7 cm³/mol. The van der Waals surface area contributed by atoms with Crippen molar-refractivity contribution in [2.24, 2.45) is 5.92 Å². The van der Waals surface area contributed by atoms with Gasteiger partial charge in [0.25, 0.3) is 0 Å². The number of carboxylic acid groups (broad SMARTS) is 1. The fraction of sp³-hybridized carbons (Fsp3) is 0.909. The zero-order valence-corrected chi connectivity index (χ0v) is 11.0. The van der Waals surface area contributed by atoms with Crippen LogP contribution in [0.4, 0.5) is 0 Å². The monoisotopic (exact) mass is 263 g/mol. The zero-order valence-electron chi connectivity index (χ0n) is 10.2. The van der Waals surface area contributed by atoms with Gasteiger partial charge < -0.3 is 10.4 Å². The molecule has 0 aromatic rings. The summed E-state index contributed by atoms with van der Waals surface area (Å²) in [4.78, 5) is 10.4. The first-order valence-electron chi connectivity index (χ1n) is 6.04. The highest BCUT2D eigenvalue weighted by atomic mass is 32.2. The summed E-state index contributed by atoms with van der Waals surface area (Å²) in [5, 5.41) is 11.8. The number of rotatable bonds is 7. The molecule has 0 aromatic heterocycles. The molecule has 1 heterocycles. The third-order valence-corrected chi connectivity index (χ3v) is 4.92. The van der Waals surface area contributed by atoms with Crippen molar-refractivity contribution in [1.82, 2.24) is 5.32 Å². The molecule has 2 unspecified atom stereocenters. The van der Waals surface area contributed by atoms with Crippen molar-refractivity contribution in [3.05, 3.63) is 0 Å². The molecule has 100 valence electrons. The zero-order chi connectivity index (χ0) is 12.9. The third kappa shape index (κ3) is 6.02. The van der Waals surface area contributed by atoms with Crippen molar-refractivity contribution in [1.29, 1.82) is 0 Å². The second kappa shape index (κ2) is 6.35. The Bertz CT molecular complexity index is 352. The molecular weight excluding hydrogens is 242 g/mol. The van der Waals surface area contributed by atoms with Crippen LogP contribution >= 0.6 is 0 Å². The summed E-state index contributed by atoms with van der Waals surface area (Å²) in [5.41, 5.74) is 0. The van der Waals surface area contributed by atoms with E-state index < -0.39 is 15.8 Å². The van der Waals surface area contributed by atoms with Crippen LogP contribution in [-0.2, 0) is 14.6 Å². The normalized spacial score (nSPS) is 24.6. The van der Waals surface area contributed by atoms with Gasteiger partial charge in [-0.2, -0.15) is 0 Å². The smallest absolute Gasteiger partial charge is 0.303 e. The van der Waals surface area contributed by atoms with Crippen LogP contribution in [0.1, 0.15) is 32.6 Å². The summed E-state index contributed by atoms with van der Waals surface area (Å²) >= 11 is 0. The highest BCUT2D eigenvalue weighted by Gasteiger charge is 2.27. The largest absolute Gasteiger partial charge is 0.481 e. The van der Waals surface area contributed by atoms with Crippen LogP contribution in [0.2, 0.25) is 0 Å². The molecule has 2 atom stereocenters. The number of nitrogens with one attached hydrogen (secondary N) is 1. The van der Waals surface area contributed by atoms with E-state index in [4.69, 9.17) is 5.11 Å². The lowest BCUT2D eigenvalue weighted by Gasteiger charge is -2.13. The van der Waals surface area contributed by atoms with E-state index in [2.05, 4.69) is 5.32 Å². The molecule has 5 nitrogen and oxygen atoms in total. The van der Waals surface area contributed by atoms with Gasteiger partial charge in [-0.05, 0) is 31.7 Å². The average molecular weight is 263 g/mol. The van der Waals surface area contributed by atoms with E-state index in [9.17, 15) is 13.2 Å². The minimum Gasteiger partial charge on any atom is -0.481 e. The van der Waals surface area contributed by atoms with Gasteiger partial charge >= 0.3 is 5.97 Å². The molecule has 1 aliphatic heterocycles. The Balaban J connectivity index is 2.10. The molecule has 2 N–H and O–H groups in total. The standard InChI is InChI=1S/C11H21NO4S/c1-9(2-3-11(13)14)4-6-12-10-5-7-17(15,16)8-10/h9-10,12H,2-8H2,1H3,(H,13,14). The molecule has 0 bridgehead atoms. The van der Waals surface area contributed by atoms with E-state index in [1.165, 1.54) is 0 Å². The molecule has 1 aliphatic rings. The molecule has 0 aromatic carbocycles. The second-order valence-corrected chi connectivity index (χ2v) is 7.11. The minimum absolute atomic E-state index is 0.0895. The van der Waals surface area contributed by atoms with Crippen molar-refractivity contribution in [3.8, 4) is 0 Å². The molecule has 17 heavy (non-hydrogen) atoms. The predicted octanol–water partition coefficient (Wildman–Crippen LogP) is 0.654. The number of carbonyl (C=O) groups is 1. The first-order chi connectivity index (χ1) is 7.89. The van der Waals surface area contributed by atoms with Crippen LogP contribution in [-0.4, -0.2) is 43.6 Å². The van der Waals surface area contributed by atoms with Gasteiger partial charge in [-0.3, -0.25) is 4.79 Å². The third-order valence-electron chi connectivity index (χ3n) is 3.15.